The highest BCUT2D eigenvalue weighted by Gasteiger charge is 2.45. The lowest BCUT2D eigenvalue weighted by Gasteiger charge is -2.28. The Morgan fingerprint density at radius 1 is 1.10 bits per heavy atom. The fraction of sp³-hybridized carbons (Fsp3) is 0.333. The van der Waals surface area contributed by atoms with Gasteiger partial charge in [0.05, 0.1) is 17.7 Å². The maximum atomic E-state index is 10.7. The number of nitrogens with zero attached hydrogens (tertiary/aromatic N) is 5. The van der Waals surface area contributed by atoms with Gasteiger partial charge in [-0.1, -0.05) is 24.3 Å². The van der Waals surface area contributed by atoms with Gasteiger partial charge in [0.1, 0.15) is 24.1 Å². The minimum absolute atomic E-state index is 0.181. The van der Waals surface area contributed by atoms with Crippen molar-refractivity contribution in [3.63, 3.8) is 0 Å². The highest BCUT2D eigenvalue weighted by molar-refractivity contribution is 5.81. The Balaban J connectivity index is 1.36. The van der Waals surface area contributed by atoms with Crippen molar-refractivity contribution in [2.75, 3.05) is 22.9 Å². The highest BCUT2D eigenvalue weighted by Crippen LogP contribution is 2.38. The molecule has 6 N–H and O–H groups in total. The zero-order valence-corrected chi connectivity index (χ0v) is 16.3. The number of nitrogen functional groups attached to an aromatic ring is 2. The minimum atomic E-state index is -0.870. The minimum Gasteiger partial charge on any atom is -0.390 e. The van der Waals surface area contributed by atoms with Gasteiger partial charge in [-0.05, 0) is 24.5 Å². The second-order valence-corrected chi connectivity index (χ2v) is 7.86. The predicted molar refractivity (Wildman–Crippen MR) is 114 cm³/mol. The molecule has 0 amide bonds. The molecule has 30 heavy (non-hydrogen) atoms. The lowest BCUT2D eigenvalue weighted by Crippen LogP contribution is -2.43. The Morgan fingerprint density at radius 2 is 1.97 bits per heavy atom. The smallest absolute Gasteiger partial charge is 0.220 e. The van der Waals surface area contributed by atoms with Gasteiger partial charge in [-0.2, -0.15) is 0 Å². The largest absolute Gasteiger partial charge is 0.390 e. The first-order chi connectivity index (χ1) is 14.5. The molecular formula is C21H23N7O2. The van der Waals surface area contributed by atoms with Crippen molar-refractivity contribution in [1.82, 2.24) is 19.9 Å². The normalized spacial score (nSPS) is 26.0. The standard InChI is InChI=1S/C21H23N7O2/c22-19-14-5-6-28(20(14)26-10-25-19)16-8-12(17(29)18(16)30)3-1-11-2-4-13-9-24-21(23)27-15(13)7-11/h1-4,7,9-10,12,16-18,29-30H,5-6,8H2,(H2,22,25,26)(H2,23,24,27)/b3-1+/t12-,16+,17+,18-/m0/s1. The van der Waals surface area contributed by atoms with Crippen LogP contribution in [-0.2, 0) is 6.42 Å². The van der Waals surface area contributed by atoms with Crippen LogP contribution in [0.5, 0.6) is 0 Å². The lowest BCUT2D eigenvalue weighted by atomic mass is 10.0. The van der Waals surface area contributed by atoms with Crippen LogP contribution in [0.15, 0.2) is 36.8 Å². The van der Waals surface area contributed by atoms with E-state index in [1.165, 1.54) is 6.33 Å². The van der Waals surface area contributed by atoms with Crippen LogP contribution in [0.4, 0.5) is 17.6 Å². The third-order valence-electron chi connectivity index (χ3n) is 6.09. The lowest BCUT2D eigenvalue weighted by molar-refractivity contribution is 0.0229. The number of benzene rings is 1. The summed E-state index contributed by atoms with van der Waals surface area (Å²) in [6.07, 6.45) is 6.66. The van der Waals surface area contributed by atoms with Gasteiger partial charge in [-0.25, -0.2) is 19.9 Å². The molecule has 9 nitrogen and oxygen atoms in total. The predicted octanol–water partition coefficient (Wildman–Crippen LogP) is 0.770. The van der Waals surface area contributed by atoms with E-state index in [2.05, 4.69) is 19.9 Å². The molecule has 2 aliphatic rings. The van der Waals surface area contributed by atoms with E-state index in [4.69, 9.17) is 11.5 Å². The van der Waals surface area contributed by atoms with Crippen LogP contribution in [0.2, 0.25) is 0 Å². The van der Waals surface area contributed by atoms with E-state index < -0.39 is 12.2 Å². The number of hydrogen-bond acceptors (Lipinski definition) is 9. The van der Waals surface area contributed by atoms with Crippen LogP contribution in [0, 0.1) is 5.92 Å². The van der Waals surface area contributed by atoms with Gasteiger partial charge < -0.3 is 26.6 Å². The van der Waals surface area contributed by atoms with Gasteiger partial charge in [0.25, 0.3) is 0 Å². The van der Waals surface area contributed by atoms with E-state index in [-0.39, 0.29) is 17.9 Å². The first-order valence-corrected chi connectivity index (χ1v) is 9.94. The van der Waals surface area contributed by atoms with Gasteiger partial charge in [0, 0.05) is 29.6 Å². The van der Waals surface area contributed by atoms with Gasteiger partial charge in [0.2, 0.25) is 5.95 Å². The molecule has 1 aliphatic carbocycles. The summed E-state index contributed by atoms with van der Waals surface area (Å²) in [6.45, 7) is 0.703. The van der Waals surface area contributed by atoms with Crippen LogP contribution < -0.4 is 16.4 Å². The maximum Gasteiger partial charge on any atom is 0.220 e. The third kappa shape index (κ3) is 3.12. The van der Waals surface area contributed by atoms with Crippen LogP contribution >= 0.6 is 0 Å². The molecule has 154 valence electrons. The molecule has 0 saturated heterocycles. The zero-order valence-electron chi connectivity index (χ0n) is 16.3. The highest BCUT2D eigenvalue weighted by atomic mass is 16.3. The quantitative estimate of drug-likeness (QED) is 0.496. The number of aromatic nitrogens is 4. The van der Waals surface area contributed by atoms with Crippen molar-refractivity contribution in [3.05, 3.63) is 47.9 Å². The summed E-state index contributed by atoms with van der Waals surface area (Å²) in [5, 5.41) is 22.3. The molecule has 4 atom stereocenters. The Kier molecular flexibility index (Phi) is 4.48. The third-order valence-corrected chi connectivity index (χ3v) is 6.09. The van der Waals surface area contributed by atoms with Crippen LogP contribution in [0.25, 0.3) is 17.0 Å². The van der Waals surface area contributed by atoms with Gasteiger partial charge in [0.15, 0.2) is 0 Å². The molecule has 0 bridgehead atoms. The second kappa shape index (κ2) is 7.19. The molecule has 9 heteroatoms. The summed E-state index contributed by atoms with van der Waals surface area (Å²) in [7, 11) is 0. The SMILES string of the molecule is Nc1ncc2ccc(/C=C/[C@H]3C[C@@H](N4CCc5c(N)ncnc54)[C@H](O)[C@@H]3O)cc2n1. The molecule has 5 rings (SSSR count). The number of fused-ring (bicyclic) bond motifs is 2. The number of aliphatic hydroxyl groups excluding tert-OH is 2. The molecule has 3 heterocycles. The molecule has 1 aromatic carbocycles. The van der Waals surface area contributed by atoms with Crippen molar-refractivity contribution in [3.8, 4) is 0 Å². The van der Waals surface area contributed by atoms with Crippen LogP contribution in [-0.4, -0.2) is 54.9 Å². The maximum absolute atomic E-state index is 10.7. The molecule has 0 unspecified atom stereocenters. The van der Waals surface area contributed by atoms with E-state index in [0.717, 1.165) is 34.3 Å². The van der Waals surface area contributed by atoms with Crippen LogP contribution in [0.1, 0.15) is 17.5 Å². The number of hydrogen-bond donors (Lipinski definition) is 4. The van der Waals surface area contributed by atoms with Crippen molar-refractivity contribution < 1.29 is 10.2 Å². The first-order valence-electron chi connectivity index (χ1n) is 9.94. The number of aliphatic hydroxyl groups is 2. The summed E-state index contributed by atoms with van der Waals surface area (Å²) in [5.41, 5.74) is 14.3. The molecular weight excluding hydrogens is 382 g/mol. The Labute approximate surface area is 173 Å². The molecule has 3 aromatic rings. The van der Waals surface area contributed by atoms with Gasteiger partial charge >= 0.3 is 0 Å². The molecule has 0 radical (unpaired) electrons. The van der Waals surface area contributed by atoms with E-state index >= 15 is 0 Å². The summed E-state index contributed by atoms with van der Waals surface area (Å²) in [4.78, 5) is 18.7. The van der Waals surface area contributed by atoms with Gasteiger partial charge in [-0.15, -0.1) is 0 Å². The van der Waals surface area contributed by atoms with E-state index in [0.29, 0.717) is 18.8 Å². The molecule has 0 spiro atoms. The first kappa shape index (κ1) is 18.7. The number of anilines is 3. The number of rotatable bonds is 3. The fourth-order valence-corrected chi connectivity index (χ4v) is 4.50. The average Bonchev–Trinajstić information content (AvgIpc) is 3.29. The molecule has 1 fully saturated rings. The summed E-state index contributed by atoms with van der Waals surface area (Å²) in [6, 6.07) is 5.59. The average molecular weight is 405 g/mol. The summed E-state index contributed by atoms with van der Waals surface area (Å²) >= 11 is 0. The fourth-order valence-electron chi connectivity index (χ4n) is 4.50. The Hall–Kier alpha value is -3.30. The molecule has 1 saturated carbocycles. The summed E-state index contributed by atoms with van der Waals surface area (Å²) in [5.74, 6) is 1.29. The zero-order chi connectivity index (χ0) is 20.8. The number of nitrogens with two attached hydrogens (primary N) is 2. The molecule has 1 aliphatic heterocycles. The monoisotopic (exact) mass is 405 g/mol. The Morgan fingerprint density at radius 3 is 2.83 bits per heavy atom. The van der Waals surface area contributed by atoms with Crippen LogP contribution in [0.3, 0.4) is 0 Å². The Bertz CT molecular complexity index is 1140. The van der Waals surface area contributed by atoms with E-state index in [1.807, 2.05) is 35.3 Å². The van der Waals surface area contributed by atoms with Crippen molar-refractivity contribution >= 4 is 34.6 Å². The summed E-state index contributed by atoms with van der Waals surface area (Å²) < 4.78 is 0. The second-order valence-electron chi connectivity index (χ2n) is 7.86. The van der Waals surface area contributed by atoms with E-state index in [1.54, 1.807) is 6.20 Å². The van der Waals surface area contributed by atoms with Crippen molar-refractivity contribution in [1.29, 1.82) is 0 Å². The van der Waals surface area contributed by atoms with Crippen molar-refractivity contribution in [2.45, 2.75) is 31.1 Å². The van der Waals surface area contributed by atoms with E-state index in [9.17, 15) is 10.2 Å². The van der Waals surface area contributed by atoms with Crippen molar-refractivity contribution in [2.24, 2.45) is 5.92 Å². The topological polar surface area (TPSA) is 147 Å². The molecule has 2 aromatic heterocycles. The van der Waals surface area contributed by atoms with Gasteiger partial charge in [-0.3, -0.25) is 0 Å².